The Morgan fingerprint density at radius 3 is 2.53 bits per heavy atom. The maximum Gasteiger partial charge on any atom is 0.267 e. The SMILES string of the molecule is C#CCn1cc(C=C2SC(=NC3CCCCC3)N(C3CCCCC3)C2=O)c2ccccc21. The number of carbonyl (C=O) groups excluding carboxylic acids is 1. The number of hydrogen-bond donors (Lipinski definition) is 0. The van der Waals surface area contributed by atoms with Gasteiger partial charge in [-0.1, -0.05) is 62.6 Å². The summed E-state index contributed by atoms with van der Waals surface area (Å²) in [5.74, 6) is 2.87. The summed E-state index contributed by atoms with van der Waals surface area (Å²) in [4.78, 5) is 21.6. The molecule has 1 aliphatic heterocycles. The number of rotatable bonds is 4. The van der Waals surface area contributed by atoms with Crippen LogP contribution in [0.1, 0.15) is 69.8 Å². The number of nitrogens with zero attached hydrogens (tertiary/aromatic N) is 3. The highest BCUT2D eigenvalue weighted by molar-refractivity contribution is 8.18. The Bertz CT molecular complexity index is 1090. The summed E-state index contributed by atoms with van der Waals surface area (Å²) in [5, 5.41) is 2.07. The molecule has 2 aliphatic carbocycles. The molecule has 1 amide bonds. The summed E-state index contributed by atoms with van der Waals surface area (Å²) in [7, 11) is 0. The highest BCUT2D eigenvalue weighted by Gasteiger charge is 2.39. The van der Waals surface area contributed by atoms with Gasteiger partial charge >= 0.3 is 0 Å². The predicted octanol–water partition coefficient (Wildman–Crippen LogP) is 6.21. The van der Waals surface area contributed by atoms with Crippen LogP contribution in [0.3, 0.4) is 0 Å². The van der Waals surface area contributed by atoms with E-state index in [1.54, 1.807) is 11.8 Å². The molecule has 5 rings (SSSR count). The molecule has 3 fully saturated rings. The van der Waals surface area contributed by atoms with Crippen molar-refractivity contribution in [3.8, 4) is 12.3 Å². The lowest BCUT2D eigenvalue weighted by molar-refractivity contribution is -0.124. The smallest absolute Gasteiger partial charge is 0.267 e. The van der Waals surface area contributed by atoms with Crippen LogP contribution in [-0.2, 0) is 11.3 Å². The third-order valence-corrected chi connectivity index (χ3v) is 8.01. The van der Waals surface area contributed by atoms with Crippen molar-refractivity contribution in [2.24, 2.45) is 4.99 Å². The van der Waals surface area contributed by atoms with Crippen LogP contribution in [0, 0.1) is 12.3 Å². The number of benzene rings is 1. The standard InChI is InChI=1S/C27H31N3OS/c1-2-17-29-19-20(23-15-9-10-16-24(23)29)18-25-26(31)30(22-13-7-4-8-14-22)27(32-25)28-21-11-5-3-6-12-21/h1,9-10,15-16,18-19,21-22H,3-8,11-14,17H2. The van der Waals surface area contributed by atoms with Crippen molar-refractivity contribution < 1.29 is 4.79 Å². The van der Waals surface area contributed by atoms with E-state index in [1.165, 1.54) is 38.5 Å². The molecule has 32 heavy (non-hydrogen) atoms. The minimum Gasteiger partial charge on any atom is -0.335 e. The Morgan fingerprint density at radius 1 is 1.06 bits per heavy atom. The molecule has 1 aromatic carbocycles. The van der Waals surface area contributed by atoms with Crippen LogP contribution in [0.2, 0.25) is 0 Å². The summed E-state index contributed by atoms with van der Waals surface area (Å²) in [5.41, 5.74) is 2.15. The van der Waals surface area contributed by atoms with Crippen LogP contribution in [0.15, 0.2) is 40.4 Å². The molecule has 3 aliphatic rings. The summed E-state index contributed by atoms with van der Waals surface area (Å²) in [6, 6.07) is 8.92. The molecule has 0 atom stereocenters. The van der Waals surface area contributed by atoms with Gasteiger partial charge in [-0.3, -0.25) is 14.7 Å². The van der Waals surface area contributed by atoms with E-state index in [0.29, 0.717) is 18.6 Å². The van der Waals surface area contributed by atoms with Gasteiger partial charge in [0.15, 0.2) is 5.17 Å². The lowest BCUT2D eigenvalue weighted by atomic mass is 9.94. The van der Waals surface area contributed by atoms with Crippen LogP contribution >= 0.6 is 11.8 Å². The maximum absolute atomic E-state index is 13.6. The van der Waals surface area contributed by atoms with Gasteiger partial charge in [-0.15, -0.1) is 6.42 Å². The molecular formula is C27H31N3OS. The van der Waals surface area contributed by atoms with Gasteiger partial charge in [-0.2, -0.15) is 0 Å². The van der Waals surface area contributed by atoms with Gasteiger partial charge in [-0.05, 0) is 49.6 Å². The third-order valence-electron chi connectivity index (χ3n) is 7.01. The number of fused-ring (bicyclic) bond motifs is 1. The number of para-hydroxylation sites is 1. The van der Waals surface area contributed by atoms with E-state index in [-0.39, 0.29) is 5.91 Å². The molecule has 166 valence electrons. The summed E-state index contributed by atoms with van der Waals surface area (Å²) >= 11 is 1.58. The van der Waals surface area contributed by atoms with Crippen LogP contribution in [-0.4, -0.2) is 32.6 Å². The molecule has 1 saturated heterocycles. The number of hydrogen-bond acceptors (Lipinski definition) is 3. The molecule has 4 nitrogen and oxygen atoms in total. The van der Waals surface area contributed by atoms with Crippen molar-refractivity contribution in [1.82, 2.24) is 9.47 Å². The zero-order valence-electron chi connectivity index (χ0n) is 18.6. The second-order valence-corrected chi connectivity index (χ2v) is 10.2. The molecule has 5 heteroatoms. The Morgan fingerprint density at radius 2 is 1.78 bits per heavy atom. The van der Waals surface area contributed by atoms with Gasteiger partial charge in [0.25, 0.3) is 5.91 Å². The van der Waals surface area contributed by atoms with Crippen LogP contribution in [0.4, 0.5) is 0 Å². The van der Waals surface area contributed by atoms with Crippen molar-refractivity contribution in [3.63, 3.8) is 0 Å². The Balaban J connectivity index is 1.51. The highest BCUT2D eigenvalue weighted by Crippen LogP contribution is 2.39. The zero-order valence-corrected chi connectivity index (χ0v) is 19.4. The fourth-order valence-electron chi connectivity index (χ4n) is 5.36. The van der Waals surface area contributed by atoms with E-state index in [4.69, 9.17) is 11.4 Å². The molecular weight excluding hydrogens is 414 g/mol. The topological polar surface area (TPSA) is 37.6 Å². The number of aliphatic imine (C=N–C) groups is 1. The van der Waals surface area contributed by atoms with Gasteiger partial charge in [0.05, 0.1) is 17.5 Å². The highest BCUT2D eigenvalue weighted by atomic mass is 32.2. The van der Waals surface area contributed by atoms with Gasteiger partial charge in [0, 0.05) is 28.7 Å². The van der Waals surface area contributed by atoms with Gasteiger partial charge in [-0.25, -0.2) is 0 Å². The first-order valence-electron chi connectivity index (χ1n) is 12.1. The first kappa shape index (κ1) is 21.4. The second-order valence-electron chi connectivity index (χ2n) is 9.21. The Labute approximate surface area is 195 Å². The lowest BCUT2D eigenvalue weighted by Crippen LogP contribution is -2.41. The van der Waals surface area contributed by atoms with Crippen molar-refractivity contribution in [1.29, 1.82) is 0 Å². The monoisotopic (exact) mass is 445 g/mol. The summed E-state index contributed by atoms with van der Waals surface area (Å²) in [6.45, 7) is 0.521. The first-order valence-corrected chi connectivity index (χ1v) is 12.9. The zero-order chi connectivity index (χ0) is 21.9. The Hall–Kier alpha value is -2.45. The number of carbonyl (C=O) groups is 1. The van der Waals surface area contributed by atoms with E-state index in [9.17, 15) is 4.79 Å². The Kier molecular flexibility index (Phi) is 6.41. The fourth-order valence-corrected chi connectivity index (χ4v) is 6.47. The molecule has 2 aromatic rings. The summed E-state index contributed by atoms with van der Waals surface area (Å²) < 4.78 is 2.09. The molecule has 0 bridgehead atoms. The second kappa shape index (κ2) is 9.58. The summed E-state index contributed by atoms with van der Waals surface area (Å²) in [6.07, 6.45) is 21.7. The van der Waals surface area contributed by atoms with E-state index in [0.717, 1.165) is 52.2 Å². The molecule has 0 unspecified atom stereocenters. The lowest BCUT2D eigenvalue weighted by Gasteiger charge is -2.31. The van der Waals surface area contributed by atoms with E-state index in [2.05, 4.69) is 34.9 Å². The first-order chi connectivity index (χ1) is 15.7. The number of amidine groups is 1. The molecule has 1 aromatic heterocycles. The van der Waals surface area contributed by atoms with E-state index < -0.39 is 0 Å². The predicted molar refractivity (Wildman–Crippen MR) is 134 cm³/mol. The van der Waals surface area contributed by atoms with Crippen LogP contribution in [0.5, 0.6) is 0 Å². The van der Waals surface area contributed by atoms with E-state index >= 15 is 0 Å². The quantitative estimate of drug-likeness (QED) is 0.414. The normalized spacial score (nSPS) is 23.5. The minimum absolute atomic E-state index is 0.130. The molecule has 0 spiro atoms. The van der Waals surface area contributed by atoms with Crippen LogP contribution < -0.4 is 0 Å². The number of aromatic nitrogens is 1. The van der Waals surface area contributed by atoms with Crippen molar-refractivity contribution in [3.05, 3.63) is 40.9 Å². The number of amides is 1. The fraction of sp³-hybridized carbons (Fsp3) is 0.481. The van der Waals surface area contributed by atoms with Crippen molar-refractivity contribution in [2.75, 3.05) is 0 Å². The van der Waals surface area contributed by atoms with Gasteiger partial charge in [0.1, 0.15) is 0 Å². The molecule has 0 N–H and O–H groups in total. The van der Waals surface area contributed by atoms with Crippen molar-refractivity contribution in [2.45, 2.75) is 82.8 Å². The largest absolute Gasteiger partial charge is 0.335 e. The van der Waals surface area contributed by atoms with Gasteiger partial charge in [0.2, 0.25) is 0 Å². The third kappa shape index (κ3) is 4.26. The molecule has 2 heterocycles. The van der Waals surface area contributed by atoms with Crippen LogP contribution in [0.25, 0.3) is 17.0 Å². The van der Waals surface area contributed by atoms with E-state index in [1.807, 2.05) is 17.0 Å². The molecule has 0 radical (unpaired) electrons. The average molecular weight is 446 g/mol. The maximum atomic E-state index is 13.6. The number of thioether (sulfide) groups is 1. The number of terminal acetylenes is 1. The van der Waals surface area contributed by atoms with Gasteiger partial charge < -0.3 is 4.57 Å². The average Bonchev–Trinajstić information content (AvgIpc) is 3.33. The van der Waals surface area contributed by atoms with Crippen molar-refractivity contribution >= 4 is 39.8 Å². The minimum atomic E-state index is 0.130. The molecule has 2 saturated carbocycles.